The van der Waals surface area contributed by atoms with Gasteiger partial charge in [0.25, 0.3) is 0 Å². The van der Waals surface area contributed by atoms with E-state index in [0.29, 0.717) is 30.5 Å². The number of benzene rings is 1. The Balaban J connectivity index is 1.65. The Bertz CT molecular complexity index is 962. The predicted octanol–water partition coefficient (Wildman–Crippen LogP) is 1.61. The molecular weight excluding hydrogens is 380 g/mol. The summed E-state index contributed by atoms with van der Waals surface area (Å²) < 4.78 is 23.1. The first-order chi connectivity index (χ1) is 13.3. The van der Waals surface area contributed by atoms with Crippen molar-refractivity contribution in [2.75, 3.05) is 30.0 Å². The van der Waals surface area contributed by atoms with Crippen molar-refractivity contribution in [1.82, 2.24) is 20.1 Å². The van der Waals surface area contributed by atoms with E-state index >= 15 is 0 Å². The summed E-state index contributed by atoms with van der Waals surface area (Å²) in [5.74, 6) is 0.744. The van der Waals surface area contributed by atoms with Crippen molar-refractivity contribution < 1.29 is 13.2 Å². The van der Waals surface area contributed by atoms with Crippen LogP contribution in [-0.4, -0.2) is 59.8 Å². The quantitative estimate of drug-likeness (QED) is 0.700. The molecule has 1 saturated heterocycles. The van der Waals surface area contributed by atoms with Gasteiger partial charge in [-0.1, -0.05) is 6.58 Å². The number of sulfone groups is 1. The number of nitrogens with zero attached hydrogens (tertiary/aromatic N) is 4. The van der Waals surface area contributed by atoms with Crippen molar-refractivity contribution in [3.8, 4) is 0 Å². The van der Waals surface area contributed by atoms with Crippen LogP contribution in [0.4, 0.5) is 17.5 Å². The summed E-state index contributed by atoms with van der Waals surface area (Å²) in [6, 6.07) is 6.40. The zero-order valence-corrected chi connectivity index (χ0v) is 16.3. The molecule has 1 aliphatic heterocycles. The second-order valence-corrected chi connectivity index (χ2v) is 8.57. The first kappa shape index (κ1) is 19.7. The maximum absolute atomic E-state index is 11.8. The Labute approximate surface area is 163 Å². The first-order valence-corrected chi connectivity index (χ1v) is 10.7. The van der Waals surface area contributed by atoms with E-state index in [1.54, 1.807) is 17.0 Å². The Kier molecular flexibility index (Phi) is 5.88. The van der Waals surface area contributed by atoms with Gasteiger partial charge in [0.1, 0.15) is 0 Å². The maximum Gasteiger partial charge on any atom is 0.246 e. The number of piperidine rings is 1. The van der Waals surface area contributed by atoms with Gasteiger partial charge < -0.3 is 15.5 Å². The van der Waals surface area contributed by atoms with Gasteiger partial charge in [-0.05, 0) is 43.2 Å². The van der Waals surface area contributed by atoms with Crippen LogP contribution in [0.1, 0.15) is 12.8 Å². The highest BCUT2D eigenvalue weighted by Crippen LogP contribution is 2.19. The standard InChI is InChI=1S/C18H22N6O3S/c1-3-17(25)24-10-4-5-14(12-24)21-18-22-16(11-19-23-18)20-13-6-8-15(9-7-13)28(2,26)27/h3,6-9,11,14H,1,4-5,10,12H2,2H3,(H2,20,21,22,23). The monoisotopic (exact) mass is 402 g/mol. The van der Waals surface area contributed by atoms with Crippen molar-refractivity contribution in [3.05, 3.63) is 43.1 Å². The summed E-state index contributed by atoms with van der Waals surface area (Å²) in [6.07, 6.45) is 5.74. The number of hydrogen-bond donors (Lipinski definition) is 2. The highest BCUT2D eigenvalue weighted by atomic mass is 32.2. The molecule has 0 radical (unpaired) electrons. The number of nitrogens with one attached hydrogen (secondary N) is 2. The molecule has 10 heteroatoms. The molecule has 1 aromatic heterocycles. The van der Waals surface area contributed by atoms with Crippen molar-refractivity contribution >= 4 is 33.2 Å². The Morgan fingerprint density at radius 2 is 2.07 bits per heavy atom. The summed E-state index contributed by atoms with van der Waals surface area (Å²) in [5, 5.41) is 14.2. The van der Waals surface area contributed by atoms with Crippen molar-refractivity contribution in [2.45, 2.75) is 23.8 Å². The van der Waals surface area contributed by atoms with E-state index in [9.17, 15) is 13.2 Å². The molecule has 0 saturated carbocycles. The molecule has 148 valence electrons. The molecule has 1 unspecified atom stereocenters. The highest BCUT2D eigenvalue weighted by molar-refractivity contribution is 7.90. The second kappa shape index (κ2) is 8.34. The number of anilines is 3. The molecule has 1 atom stereocenters. The lowest BCUT2D eigenvalue weighted by Gasteiger charge is -2.32. The van der Waals surface area contributed by atoms with Gasteiger partial charge in [-0.2, -0.15) is 10.1 Å². The molecule has 2 aromatic rings. The number of likely N-dealkylation sites (tertiary alicyclic amines) is 1. The van der Waals surface area contributed by atoms with E-state index in [1.807, 2.05) is 0 Å². The van der Waals surface area contributed by atoms with Crippen molar-refractivity contribution in [3.63, 3.8) is 0 Å². The fraction of sp³-hybridized carbons (Fsp3) is 0.333. The summed E-state index contributed by atoms with van der Waals surface area (Å²) >= 11 is 0. The Morgan fingerprint density at radius 3 is 2.75 bits per heavy atom. The molecular formula is C18H22N6O3S. The maximum atomic E-state index is 11.8. The lowest BCUT2D eigenvalue weighted by molar-refractivity contribution is -0.127. The van der Waals surface area contributed by atoms with Crippen molar-refractivity contribution in [1.29, 1.82) is 0 Å². The molecule has 0 spiro atoms. The third kappa shape index (κ3) is 5.03. The number of amides is 1. The van der Waals surface area contributed by atoms with Crippen LogP contribution < -0.4 is 10.6 Å². The molecule has 1 aliphatic rings. The van der Waals surface area contributed by atoms with Gasteiger partial charge >= 0.3 is 0 Å². The average Bonchev–Trinajstić information content (AvgIpc) is 2.67. The van der Waals surface area contributed by atoms with Gasteiger partial charge in [0.15, 0.2) is 15.7 Å². The Hall–Kier alpha value is -3.01. The molecule has 1 amide bonds. The van der Waals surface area contributed by atoms with E-state index in [4.69, 9.17) is 0 Å². The summed E-state index contributed by atoms with van der Waals surface area (Å²) in [5.41, 5.74) is 0.680. The largest absolute Gasteiger partial charge is 0.348 e. The average molecular weight is 402 g/mol. The van der Waals surface area contributed by atoms with Gasteiger partial charge in [-0.15, -0.1) is 5.10 Å². The zero-order chi connectivity index (χ0) is 20.1. The second-order valence-electron chi connectivity index (χ2n) is 6.56. The molecule has 2 heterocycles. The number of carbonyl (C=O) groups excluding carboxylic acids is 1. The summed E-state index contributed by atoms with van der Waals surface area (Å²) in [7, 11) is -3.24. The number of rotatable bonds is 6. The molecule has 1 aromatic carbocycles. The van der Waals surface area contributed by atoms with Crippen LogP contribution in [0.3, 0.4) is 0 Å². The minimum Gasteiger partial charge on any atom is -0.348 e. The van der Waals surface area contributed by atoms with E-state index in [2.05, 4.69) is 32.4 Å². The summed E-state index contributed by atoms with van der Waals surface area (Å²) in [4.78, 5) is 18.2. The molecule has 28 heavy (non-hydrogen) atoms. The van der Waals surface area contributed by atoms with Crippen LogP contribution in [-0.2, 0) is 14.6 Å². The van der Waals surface area contributed by atoms with E-state index in [0.717, 1.165) is 19.1 Å². The fourth-order valence-corrected chi connectivity index (χ4v) is 3.60. The van der Waals surface area contributed by atoms with Crippen LogP contribution in [0.2, 0.25) is 0 Å². The molecule has 0 bridgehead atoms. The SMILES string of the molecule is C=CC(=O)N1CCCC(Nc2nncc(Nc3ccc(S(C)(=O)=O)cc3)n2)C1. The topological polar surface area (TPSA) is 117 Å². The zero-order valence-electron chi connectivity index (χ0n) is 15.5. The van der Waals surface area contributed by atoms with Crippen LogP contribution in [0.25, 0.3) is 0 Å². The number of aromatic nitrogens is 3. The van der Waals surface area contributed by atoms with E-state index in [1.165, 1.54) is 24.4 Å². The molecule has 9 nitrogen and oxygen atoms in total. The van der Waals surface area contributed by atoms with E-state index < -0.39 is 9.84 Å². The smallest absolute Gasteiger partial charge is 0.246 e. The van der Waals surface area contributed by atoms with Gasteiger partial charge in [-0.3, -0.25) is 4.79 Å². The van der Waals surface area contributed by atoms with Crippen LogP contribution in [0, 0.1) is 0 Å². The Morgan fingerprint density at radius 1 is 1.32 bits per heavy atom. The normalized spacial score (nSPS) is 17.0. The minimum absolute atomic E-state index is 0.0312. The lowest BCUT2D eigenvalue weighted by atomic mass is 10.1. The lowest BCUT2D eigenvalue weighted by Crippen LogP contribution is -2.44. The van der Waals surface area contributed by atoms with Crippen LogP contribution in [0.5, 0.6) is 0 Å². The predicted molar refractivity (Wildman–Crippen MR) is 106 cm³/mol. The third-order valence-electron chi connectivity index (χ3n) is 4.35. The minimum atomic E-state index is -3.24. The van der Waals surface area contributed by atoms with Gasteiger partial charge in [0.2, 0.25) is 11.9 Å². The van der Waals surface area contributed by atoms with Gasteiger partial charge in [-0.25, -0.2) is 8.42 Å². The first-order valence-electron chi connectivity index (χ1n) is 8.80. The summed E-state index contributed by atoms with van der Waals surface area (Å²) in [6.45, 7) is 4.80. The van der Waals surface area contributed by atoms with Crippen LogP contribution in [0.15, 0.2) is 48.0 Å². The van der Waals surface area contributed by atoms with Crippen molar-refractivity contribution in [2.24, 2.45) is 0 Å². The van der Waals surface area contributed by atoms with Gasteiger partial charge in [0.05, 0.1) is 11.1 Å². The highest BCUT2D eigenvalue weighted by Gasteiger charge is 2.22. The third-order valence-corrected chi connectivity index (χ3v) is 5.48. The molecule has 3 rings (SSSR count). The van der Waals surface area contributed by atoms with Gasteiger partial charge in [0, 0.05) is 31.1 Å². The molecule has 1 fully saturated rings. The number of carbonyl (C=O) groups is 1. The van der Waals surface area contributed by atoms with E-state index in [-0.39, 0.29) is 16.8 Å². The molecule has 2 N–H and O–H groups in total. The fourth-order valence-electron chi connectivity index (χ4n) is 2.97. The molecule has 0 aliphatic carbocycles. The van der Waals surface area contributed by atoms with Crippen LogP contribution >= 0.6 is 0 Å². The number of hydrogen-bond acceptors (Lipinski definition) is 8.